The minimum Gasteiger partial charge on any atom is -0.475 e. The molecule has 9 amide bonds. The number of H-pyrrole nitrogens is 1. The normalized spacial score (nSPS) is 19.8. The molecule has 1 aliphatic heterocycles. The Balaban J connectivity index is 0.00000184. The Labute approximate surface area is 458 Å². The Morgan fingerprint density at radius 1 is 0.762 bits per heavy atom. The number of guanidine groups is 1. The van der Waals surface area contributed by atoms with Gasteiger partial charge in [-0.15, -0.1) is 0 Å². The van der Waals surface area contributed by atoms with Crippen molar-refractivity contribution in [2.24, 2.45) is 22.2 Å². The highest BCUT2D eigenvalue weighted by molar-refractivity contribution is 5.97. The predicted molar refractivity (Wildman–Crippen MR) is 288 cm³/mol. The van der Waals surface area contributed by atoms with Crippen LogP contribution in [-0.2, 0) is 60.8 Å². The van der Waals surface area contributed by atoms with Gasteiger partial charge in [-0.2, -0.15) is 13.2 Å². The molecule has 4 aromatic rings. The zero-order valence-corrected chi connectivity index (χ0v) is 44.3. The van der Waals surface area contributed by atoms with E-state index in [1.807, 2.05) is 73.7 Å². The largest absolute Gasteiger partial charge is 0.490 e. The van der Waals surface area contributed by atoms with Gasteiger partial charge in [-0.05, 0) is 66.5 Å². The van der Waals surface area contributed by atoms with Crippen LogP contribution in [0, 0.1) is 0 Å². The highest BCUT2D eigenvalue weighted by atomic mass is 19.4. The Morgan fingerprint density at radius 3 is 2.09 bits per heavy atom. The lowest BCUT2D eigenvalue weighted by atomic mass is 10.00. The van der Waals surface area contributed by atoms with Crippen molar-refractivity contribution in [2.45, 2.75) is 133 Å². The number of fused-ring (bicyclic) bond motifs is 2. The maximum atomic E-state index is 14.5. The maximum absolute atomic E-state index is 14.5. The summed E-state index contributed by atoms with van der Waals surface area (Å²) in [5, 5.41) is 31.3. The first kappa shape index (κ1) is 63.8. The van der Waals surface area contributed by atoms with Crippen molar-refractivity contribution >= 4 is 86.8 Å². The molecule has 24 nitrogen and oxygen atoms in total. The first-order valence-corrected chi connectivity index (χ1v) is 25.9. The van der Waals surface area contributed by atoms with E-state index in [1.54, 1.807) is 6.20 Å². The fourth-order valence-electron chi connectivity index (χ4n) is 8.47. The average molecular weight is 1120 g/mol. The number of nitrogens with zero attached hydrogens (tertiary/aromatic N) is 1. The van der Waals surface area contributed by atoms with Gasteiger partial charge < -0.3 is 69.8 Å². The summed E-state index contributed by atoms with van der Waals surface area (Å²) in [6.07, 6.45) is -1.87. The number of aliphatic carboxylic acids is 1. The van der Waals surface area contributed by atoms with E-state index < -0.39 is 108 Å². The molecule has 0 spiro atoms. The monoisotopic (exact) mass is 1120 g/mol. The van der Waals surface area contributed by atoms with Crippen molar-refractivity contribution in [3.05, 3.63) is 84.1 Å². The predicted octanol–water partition coefficient (Wildman–Crippen LogP) is 0.594. The molecule has 1 saturated heterocycles. The molecule has 2 heterocycles. The highest BCUT2D eigenvalue weighted by Gasteiger charge is 2.38. The number of para-hydroxylation sites is 1. The highest BCUT2D eigenvalue weighted by Crippen LogP contribution is 2.21. The van der Waals surface area contributed by atoms with E-state index in [0.717, 1.165) is 28.1 Å². The lowest BCUT2D eigenvalue weighted by molar-refractivity contribution is -0.192. The number of rotatable bonds is 15. The molecule has 0 saturated carbocycles. The van der Waals surface area contributed by atoms with Gasteiger partial charge in [-0.25, -0.2) is 4.79 Å². The minimum absolute atomic E-state index is 0.0131. The number of nitrogens with one attached hydrogen (secondary N) is 9. The molecule has 1 aliphatic rings. The topological polar surface area (TPSA) is 393 Å². The molecule has 434 valence electrons. The van der Waals surface area contributed by atoms with Gasteiger partial charge in [0.05, 0.1) is 6.42 Å². The zero-order valence-electron chi connectivity index (χ0n) is 44.3. The van der Waals surface area contributed by atoms with Crippen LogP contribution in [0.1, 0.15) is 89.2 Å². The number of aliphatic imine (C=N–C) groups is 1. The van der Waals surface area contributed by atoms with Gasteiger partial charge >= 0.3 is 12.1 Å². The first-order valence-electron chi connectivity index (χ1n) is 25.9. The zero-order chi connectivity index (χ0) is 58.9. The van der Waals surface area contributed by atoms with E-state index in [9.17, 15) is 56.3 Å². The number of unbranched alkanes of at least 4 members (excludes halogenated alkanes) is 1. The van der Waals surface area contributed by atoms with Crippen molar-refractivity contribution in [1.29, 1.82) is 0 Å². The number of carboxylic acid groups (broad SMARTS) is 1. The van der Waals surface area contributed by atoms with Crippen molar-refractivity contribution in [1.82, 2.24) is 47.5 Å². The number of aromatic nitrogens is 1. The molecule has 27 heteroatoms. The van der Waals surface area contributed by atoms with Crippen molar-refractivity contribution in [2.75, 3.05) is 19.6 Å². The van der Waals surface area contributed by atoms with Gasteiger partial charge in [0, 0.05) is 62.9 Å². The van der Waals surface area contributed by atoms with Crippen LogP contribution in [0.4, 0.5) is 13.2 Å². The van der Waals surface area contributed by atoms with E-state index in [2.05, 4.69) is 52.5 Å². The van der Waals surface area contributed by atoms with E-state index in [-0.39, 0.29) is 77.0 Å². The second kappa shape index (κ2) is 31.6. The van der Waals surface area contributed by atoms with Crippen LogP contribution in [0.5, 0.6) is 0 Å². The van der Waals surface area contributed by atoms with Gasteiger partial charge in [0.15, 0.2) is 5.96 Å². The summed E-state index contributed by atoms with van der Waals surface area (Å²) < 4.78 is 31.7. The molecule has 1 aromatic heterocycles. The molecule has 3 aromatic carbocycles. The number of amides is 9. The van der Waals surface area contributed by atoms with E-state index >= 15 is 0 Å². The summed E-state index contributed by atoms with van der Waals surface area (Å²) >= 11 is 0. The number of benzene rings is 3. The molecule has 6 unspecified atom stereocenters. The molecule has 0 radical (unpaired) electrons. The molecule has 16 N–H and O–H groups in total. The summed E-state index contributed by atoms with van der Waals surface area (Å²) in [5.41, 5.74) is 19.1. The molecule has 80 heavy (non-hydrogen) atoms. The summed E-state index contributed by atoms with van der Waals surface area (Å²) in [5.74, 6) is -9.23. The number of hydrogen-bond acceptors (Lipinski definition) is 11. The summed E-state index contributed by atoms with van der Waals surface area (Å²) in [6.45, 7) is 3.07. The molecule has 1 fully saturated rings. The van der Waals surface area contributed by atoms with E-state index in [0.29, 0.717) is 24.0 Å². The molecular weight excluding hydrogens is 1050 g/mol. The number of carboxylic acids is 1. The van der Waals surface area contributed by atoms with Crippen LogP contribution in [0.2, 0.25) is 0 Å². The van der Waals surface area contributed by atoms with Crippen LogP contribution < -0.4 is 59.7 Å². The smallest absolute Gasteiger partial charge is 0.475 e. The molecule has 0 aliphatic carbocycles. The van der Waals surface area contributed by atoms with Gasteiger partial charge in [-0.3, -0.25) is 48.1 Å². The minimum atomic E-state index is -5.08. The standard InChI is InChI=1S/C51H69N13O9.C2HF3O2/c1-3-4-15-38(59-30(2)65)47(70)64-42-28-44(67)55-22-10-9-17-37(45(52)68)61-50(73)41(27-34-29-58-36-16-8-7-14-35(34)36)63-48(71)39(18-11-23-57-51(53)54)62-49(72)40(60-43(66)21-24-56-46(42)69)26-31-19-20-32-12-5-6-13-33(32)25-31;3-2(4,5)1(6)7/h5-8,12-14,16,19-20,25,29,37-42,58H,3-4,9-11,15,17-18,21-24,26-28H2,1-2H3,(H2,52,68)(H,55,67)(H,56,69)(H,59,65)(H,60,66)(H,61,73)(H,62,72)(H,63,71)(H,64,70)(H4,53,54,57);(H,6,7). The van der Waals surface area contributed by atoms with E-state index in [4.69, 9.17) is 27.1 Å². The Hall–Kier alpha value is -8.78. The number of primary amides is 1. The van der Waals surface area contributed by atoms with Crippen LogP contribution in [0.3, 0.4) is 0 Å². The van der Waals surface area contributed by atoms with Gasteiger partial charge in [0.1, 0.15) is 36.3 Å². The lowest BCUT2D eigenvalue weighted by Crippen LogP contribution is -2.59. The van der Waals surface area contributed by atoms with Gasteiger partial charge in [-0.1, -0.05) is 80.4 Å². The molecule has 6 atom stereocenters. The van der Waals surface area contributed by atoms with E-state index in [1.165, 1.54) is 6.92 Å². The fraction of sp³-hybridized carbons (Fsp3) is 0.453. The molecule has 0 bridgehead atoms. The second-order valence-electron chi connectivity index (χ2n) is 19.0. The van der Waals surface area contributed by atoms with Crippen LogP contribution in [0.15, 0.2) is 77.9 Å². The summed E-state index contributed by atoms with van der Waals surface area (Å²) in [6, 6.07) is 13.0. The summed E-state index contributed by atoms with van der Waals surface area (Å²) in [7, 11) is 0. The lowest BCUT2D eigenvalue weighted by Gasteiger charge is -2.26. The van der Waals surface area contributed by atoms with Crippen LogP contribution >= 0.6 is 0 Å². The Kier molecular flexibility index (Phi) is 25.2. The summed E-state index contributed by atoms with van der Waals surface area (Å²) in [4.78, 5) is 139. The quantitative estimate of drug-likeness (QED) is 0.0441. The first-order chi connectivity index (χ1) is 37.9. The number of nitrogens with two attached hydrogens (primary N) is 3. The molecule has 5 rings (SSSR count). The number of alkyl halides is 3. The number of halogens is 3. The third-order valence-corrected chi connectivity index (χ3v) is 12.6. The Bertz CT molecular complexity index is 2860. The second-order valence-corrected chi connectivity index (χ2v) is 19.0. The number of aromatic amines is 1. The maximum Gasteiger partial charge on any atom is 0.490 e. The number of carbonyl (C=O) groups is 10. The van der Waals surface area contributed by atoms with Crippen molar-refractivity contribution < 1.29 is 66.2 Å². The van der Waals surface area contributed by atoms with Crippen LogP contribution in [0.25, 0.3) is 21.7 Å². The third kappa shape index (κ3) is 21.6. The van der Waals surface area contributed by atoms with Crippen LogP contribution in [-0.4, -0.2) is 137 Å². The average Bonchev–Trinajstić information content (AvgIpc) is 3.86. The van der Waals surface area contributed by atoms with Crippen molar-refractivity contribution in [3.63, 3.8) is 0 Å². The number of carbonyl (C=O) groups excluding carboxylic acids is 9. The SMILES string of the molecule is CCCCC(NC(C)=O)C(=O)NC1CC(=O)NCCCCC(C(N)=O)NC(=O)C(Cc2c[nH]c3ccccc23)NC(=O)C(CCCN=C(N)N)NC(=O)C(Cc2ccc3ccccc3c2)NC(=O)CCNC1=O.O=C(O)C(F)(F)F. The van der Waals surface area contributed by atoms with Gasteiger partial charge in [0.25, 0.3) is 0 Å². The third-order valence-electron chi connectivity index (χ3n) is 12.6. The number of hydrogen-bond donors (Lipinski definition) is 13. The fourth-order valence-corrected chi connectivity index (χ4v) is 8.47. The van der Waals surface area contributed by atoms with Crippen molar-refractivity contribution in [3.8, 4) is 0 Å². The Morgan fingerprint density at radius 2 is 1.41 bits per heavy atom. The molecular formula is C53H70F3N13O11. The van der Waals surface area contributed by atoms with Gasteiger partial charge in [0.2, 0.25) is 53.2 Å².